The number of hydrogen-bond donors (Lipinski definition) is 3. The van der Waals surface area contributed by atoms with Crippen LogP contribution in [0.25, 0.3) is 0 Å². The van der Waals surface area contributed by atoms with Crippen molar-refractivity contribution in [3.63, 3.8) is 0 Å². The second kappa shape index (κ2) is 11.2. The fourth-order valence-corrected chi connectivity index (χ4v) is 2.76. The van der Waals surface area contributed by atoms with Crippen molar-refractivity contribution in [2.75, 3.05) is 19.5 Å². The second-order valence-electron chi connectivity index (χ2n) is 5.00. The molecule has 0 bridgehead atoms. The molecule has 0 unspecified atom stereocenters. The number of nitrogens with one attached hydrogen (secondary N) is 1. The summed E-state index contributed by atoms with van der Waals surface area (Å²) in [5.74, 6) is -0.742. The molecule has 0 saturated carbocycles. The first-order valence-corrected chi connectivity index (χ1v) is 9.20. The predicted octanol–water partition coefficient (Wildman–Crippen LogP) is 2.75. The van der Waals surface area contributed by atoms with Crippen LogP contribution >= 0.6 is 20.0 Å². The molecule has 7 nitrogen and oxygen atoms in total. The molecule has 134 valence electrons. The molecule has 24 heavy (non-hydrogen) atoms. The van der Waals surface area contributed by atoms with Gasteiger partial charge in [-0.2, -0.15) is 0 Å². The number of halogens is 1. The fourth-order valence-electron chi connectivity index (χ4n) is 1.90. The summed E-state index contributed by atoms with van der Waals surface area (Å²) in [6.45, 7) is 1.52. The number of alkyl carbamates (subject to hydrolysis) is 1. The first kappa shape index (κ1) is 20.6. The first-order valence-electron chi connectivity index (χ1n) is 7.39. The molecule has 0 heterocycles. The largest absolute Gasteiger partial charge is 0.428 e. The molecule has 9 heteroatoms. The monoisotopic (exact) mass is 377 g/mol. The van der Waals surface area contributed by atoms with Crippen molar-refractivity contribution in [1.29, 1.82) is 0 Å². The SMILES string of the molecule is CCCC(=O)OCOC(=O)NC[C@H](CP(O)O)c1ccc(Cl)cc1. The van der Waals surface area contributed by atoms with Gasteiger partial charge in [0.25, 0.3) is 0 Å². The molecule has 0 fully saturated rings. The Morgan fingerprint density at radius 2 is 1.92 bits per heavy atom. The van der Waals surface area contributed by atoms with E-state index in [1.165, 1.54) is 0 Å². The van der Waals surface area contributed by atoms with Gasteiger partial charge in [0.15, 0.2) is 8.38 Å². The van der Waals surface area contributed by atoms with E-state index in [-0.39, 0.29) is 25.0 Å². The van der Waals surface area contributed by atoms with Gasteiger partial charge in [0.2, 0.25) is 6.79 Å². The van der Waals surface area contributed by atoms with Crippen LogP contribution in [0.4, 0.5) is 4.79 Å². The third-order valence-corrected chi connectivity index (χ3v) is 4.10. The Hall–Kier alpha value is -1.40. The van der Waals surface area contributed by atoms with Crippen molar-refractivity contribution in [1.82, 2.24) is 5.32 Å². The van der Waals surface area contributed by atoms with Gasteiger partial charge in [-0.05, 0) is 24.1 Å². The Morgan fingerprint density at radius 1 is 1.25 bits per heavy atom. The van der Waals surface area contributed by atoms with E-state index in [1.54, 1.807) is 24.3 Å². The zero-order valence-electron chi connectivity index (χ0n) is 13.3. The topological polar surface area (TPSA) is 105 Å². The highest BCUT2D eigenvalue weighted by Gasteiger charge is 2.17. The fraction of sp³-hybridized carbons (Fsp3) is 0.467. The summed E-state index contributed by atoms with van der Waals surface area (Å²) in [5.41, 5.74) is 0.810. The molecular weight excluding hydrogens is 357 g/mol. The lowest BCUT2D eigenvalue weighted by molar-refractivity contribution is -0.151. The second-order valence-corrected chi connectivity index (χ2v) is 6.55. The van der Waals surface area contributed by atoms with Gasteiger partial charge >= 0.3 is 12.1 Å². The molecule has 0 spiro atoms. The van der Waals surface area contributed by atoms with E-state index in [0.29, 0.717) is 11.4 Å². The zero-order chi connectivity index (χ0) is 17.9. The van der Waals surface area contributed by atoms with E-state index < -0.39 is 27.2 Å². The van der Waals surface area contributed by atoms with Gasteiger partial charge in [-0.15, -0.1) is 0 Å². The maximum Gasteiger partial charge on any atom is 0.410 e. The number of rotatable bonds is 9. The Bertz CT molecular complexity index is 525. The van der Waals surface area contributed by atoms with Crippen LogP contribution in [-0.4, -0.2) is 41.3 Å². The number of esters is 1. The summed E-state index contributed by atoms with van der Waals surface area (Å²) in [5, 5.41) is 3.07. The van der Waals surface area contributed by atoms with Gasteiger partial charge in [0, 0.05) is 30.1 Å². The molecule has 0 aliphatic rings. The van der Waals surface area contributed by atoms with E-state index in [0.717, 1.165) is 5.56 Å². The minimum atomic E-state index is -2.12. The smallest absolute Gasteiger partial charge is 0.410 e. The van der Waals surface area contributed by atoms with Gasteiger partial charge in [-0.25, -0.2) is 4.79 Å². The highest BCUT2D eigenvalue weighted by Crippen LogP contribution is 2.32. The lowest BCUT2D eigenvalue weighted by atomic mass is 10.0. The number of ether oxygens (including phenoxy) is 2. The molecule has 1 atom stereocenters. The van der Waals surface area contributed by atoms with Crippen LogP contribution in [-0.2, 0) is 14.3 Å². The predicted molar refractivity (Wildman–Crippen MR) is 90.8 cm³/mol. The molecule has 1 aromatic rings. The van der Waals surface area contributed by atoms with E-state index in [2.05, 4.69) is 5.32 Å². The van der Waals surface area contributed by atoms with E-state index in [9.17, 15) is 19.4 Å². The van der Waals surface area contributed by atoms with Crippen molar-refractivity contribution < 1.29 is 28.8 Å². The summed E-state index contributed by atoms with van der Waals surface area (Å²) in [4.78, 5) is 41.2. The number of carbonyl (C=O) groups is 2. The van der Waals surface area contributed by atoms with Crippen molar-refractivity contribution in [3.8, 4) is 0 Å². The summed E-state index contributed by atoms with van der Waals surface area (Å²) < 4.78 is 9.44. The normalized spacial score (nSPS) is 11.9. The van der Waals surface area contributed by atoms with Crippen LogP contribution in [0.5, 0.6) is 0 Å². The van der Waals surface area contributed by atoms with Crippen LogP contribution in [0.2, 0.25) is 5.02 Å². The van der Waals surface area contributed by atoms with Crippen LogP contribution in [0.3, 0.4) is 0 Å². The third-order valence-electron chi connectivity index (χ3n) is 3.08. The highest BCUT2D eigenvalue weighted by molar-refractivity contribution is 7.45. The van der Waals surface area contributed by atoms with E-state index >= 15 is 0 Å². The molecule has 0 aromatic heterocycles. The Balaban J connectivity index is 2.45. The molecule has 3 N–H and O–H groups in total. The van der Waals surface area contributed by atoms with Crippen molar-refractivity contribution in [3.05, 3.63) is 34.9 Å². The molecular formula is C15H21ClNO6P. The molecule has 1 aromatic carbocycles. The van der Waals surface area contributed by atoms with Crippen LogP contribution in [0.1, 0.15) is 31.2 Å². The van der Waals surface area contributed by atoms with E-state index in [1.807, 2.05) is 6.92 Å². The van der Waals surface area contributed by atoms with Gasteiger partial charge in [0.1, 0.15) is 0 Å². The minimum Gasteiger partial charge on any atom is -0.428 e. The van der Waals surface area contributed by atoms with E-state index in [4.69, 9.17) is 21.1 Å². The average Bonchev–Trinajstić information content (AvgIpc) is 2.52. The van der Waals surface area contributed by atoms with Gasteiger partial charge in [-0.3, -0.25) is 4.79 Å². The number of hydrogen-bond acceptors (Lipinski definition) is 6. The van der Waals surface area contributed by atoms with Gasteiger partial charge < -0.3 is 24.6 Å². The average molecular weight is 378 g/mol. The van der Waals surface area contributed by atoms with Crippen LogP contribution in [0.15, 0.2) is 24.3 Å². The number of benzene rings is 1. The maximum absolute atomic E-state index is 11.6. The van der Waals surface area contributed by atoms with Crippen molar-refractivity contribution in [2.24, 2.45) is 0 Å². The molecule has 1 amide bonds. The summed E-state index contributed by atoms with van der Waals surface area (Å²) in [6, 6.07) is 6.88. The van der Waals surface area contributed by atoms with Crippen molar-refractivity contribution >= 4 is 32.0 Å². The molecule has 0 aliphatic carbocycles. The molecule has 0 aliphatic heterocycles. The van der Waals surface area contributed by atoms with Crippen LogP contribution < -0.4 is 5.32 Å². The molecule has 0 saturated heterocycles. The quantitative estimate of drug-likeness (QED) is 0.347. The molecule has 1 rings (SSSR count). The Labute approximate surface area is 146 Å². The Kier molecular flexibility index (Phi) is 9.64. The maximum atomic E-state index is 11.6. The van der Waals surface area contributed by atoms with Gasteiger partial charge in [-0.1, -0.05) is 30.7 Å². The highest BCUT2D eigenvalue weighted by atomic mass is 35.5. The first-order chi connectivity index (χ1) is 11.4. The Morgan fingerprint density at radius 3 is 2.50 bits per heavy atom. The lowest BCUT2D eigenvalue weighted by Crippen LogP contribution is -2.31. The van der Waals surface area contributed by atoms with Crippen LogP contribution in [0, 0.1) is 0 Å². The lowest BCUT2D eigenvalue weighted by Gasteiger charge is -2.18. The summed E-state index contributed by atoms with van der Waals surface area (Å²) >= 11 is 5.83. The molecule has 0 radical (unpaired) electrons. The summed E-state index contributed by atoms with van der Waals surface area (Å²) in [6.07, 6.45) is 0.264. The van der Waals surface area contributed by atoms with Gasteiger partial charge in [0.05, 0.1) is 0 Å². The zero-order valence-corrected chi connectivity index (χ0v) is 14.9. The minimum absolute atomic E-state index is 0.0999. The standard InChI is InChI=1S/C15H21ClNO6P/c1-2-3-14(18)22-10-23-15(19)17-8-12(9-24(20)21)11-4-6-13(16)7-5-11/h4-7,12,20-21H,2-3,8-10H2,1H3,(H,17,19)/t12-/m1/s1. The summed E-state index contributed by atoms with van der Waals surface area (Å²) in [7, 11) is -2.12. The van der Waals surface area contributed by atoms with Crippen molar-refractivity contribution in [2.45, 2.75) is 25.7 Å². The number of carbonyl (C=O) groups excluding carboxylic acids is 2. The third kappa shape index (κ3) is 8.45. The number of amides is 1.